The summed E-state index contributed by atoms with van der Waals surface area (Å²) in [5, 5.41) is 9.22. The highest BCUT2D eigenvalue weighted by atomic mass is 32.2. The lowest BCUT2D eigenvalue weighted by atomic mass is 9.92. The fraction of sp³-hybridized carbons (Fsp3) is 0.300. The van der Waals surface area contributed by atoms with Crippen molar-refractivity contribution in [2.45, 2.75) is 24.0 Å². The second-order valence-corrected chi connectivity index (χ2v) is 7.62. The second kappa shape index (κ2) is 9.59. The number of rotatable bonds is 10. The zero-order chi connectivity index (χ0) is 21.6. The largest absolute Gasteiger partial charge is 0.396 e. The first-order valence-electron chi connectivity index (χ1n) is 8.96. The number of ether oxygens (including phenoxy) is 1. The summed E-state index contributed by atoms with van der Waals surface area (Å²) in [6.07, 6.45) is 2.36. The lowest BCUT2D eigenvalue weighted by Gasteiger charge is -2.40. The van der Waals surface area contributed by atoms with Gasteiger partial charge in [-0.15, -0.1) is 0 Å². The van der Waals surface area contributed by atoms with E-state index in [2.05, 4.69) is 10.1 Å². The minimum atomic E-state index is -3.71. The molecule has 0 saturated carbocycles. The Hall–Kier alpha value is -2.43. The number of halogens is 4. The van der Waals surface area contributed by atoms with Gasteiger partial charge >= 0.3 is 5.25 Å². The molecule has 30 heavy (non-hydrogen) atoms. The summed E-state index contributed by atoms with van der Waals surface area (Å²) < 4.78 is 66.4. The normalized spacial score (nSPS) is 13.9. The van der Waals surface area contributed by atoms with Gasteiger partial charge < -0.3 is 9.84 Å². The van der Waals surface area contributed by atoms with Gasteiger partial charge in [0, 0.05) is 17.4 Å². The number of aliphatic hydroxyl groups excluding tert-OH is 1. The van der Waals surface area contributed by atoms with E-state index in [9.17, 15) is 8.78 Å². The van der Waals surface area contributed by atoms with E-state index < -0.39 is 41.2 Å². The zero-order valence-electron chi connectivity index (χ0n) is 15.7. The number of hydrogen-bond donors (Lipinski definition) is 1. The first-order valence-corrected chi connectivity index (χ1v) is 9.95. The second-order valence-electron chi connectivity index (χ2n) is 6.41. The number of alkyl halides is 2. The smallest absolute Gasteiger partial charge is 0.328 e. The van der Waals surface area contributed by atoms with E-state index in [1.165, 1.54) is 6.33 Å². The predicted octanol–water partition coefficient (Wildman–Crippen LogP) is 3.99. The van der Waals surface area contributed by atoms with E-state index in [4.69, 9.17) is 9.84 Å². The van der Waals surface area contributed by atoms with Gasteiger partial charge in [0.25, 0.3) is 0 Å². The number of thioether (sulfide) groups is 1. The summed E-state index contributed by atoms with van der Waals surface area (Å²) in [6.45, 7) is -1.36. The number of aliphatic hydroxyl groups is 1. The topological polar surface area (TPSA) is 60.2 Å². The van der Waals surface area contributed by atoms with Gasteiger partial charge in [0.2, 0.25) is 0 Å². The number of hydrogen-bond acceptors (Lipinski definition) is 5. The lowest BCUT2D eigenvalue weighted by molar-refractivity contribution is -0.185. The molecule has 0 saturated heterocycles. The summed E-state index contributed by atoms with van der Waals surface area (Å²) in [4.78, 5) is 3.75. The van der Waals surface area contributed by atoms with E-state index in [1.54, 1.807) is 30.3 Å². The van der Waals surface area contributed by atoms with Crippen LogP contribution < -0.4 is 0 Å². The van der Waals surface area contributed by atoms with E-state index >= 15 is 8.78 Å². The van der Waals surface area contributed by atoms with Crippen LogP contribution >= 0.6 is 11.8 Å². The van der Waals surface area contributed by atoms with Crippen molar-refractivity contribution >= 4 is 11.8 Å². The molecule has 1 aromatic heterocycles. The monoisotopic (exact) mass is 441 g/mol. The number of aromatic nitrogens is 3. The fourth-order valence-electron chi connectivity index (χ4n) is 2.97. The van der Waals surface area contributed by atoms with Gasteiger partial charge in [0.15, 0.2) is 5.60 Å². The Kier molecular flexibility index (Phi) is 7.11. The minimum Gasteiger partial charge on any atom is -0.396 e. The number of nitrogens with zero attached hydrogens (tertiary/aromatic N) is 3. The van der Waals surface area contributed by atoms with Crippen LogP contribution in [-0.2, 0) is 23.5 Å². The molecule has 0 amide bonds. The van der Waals surface area contributed by atoms with Crippen molar-refractivity contribution in [3.63, 3.8) is 0 Å². The van der Waals surface area contributed by atoms with Gasteiger partial charge in [-0.05, 0) is 17.7 Å². The molecule has 2 aromatic carbocycles. The van der Waals surface area contributed by atoms with Crippen molar-refractivity contribution < 1.29 is 27.4 Å². The van der Waals surface area contributed by atoms with E-state index in [1.807, 2.05) is 0 Å². The van der Waals surface area contributed by atoms with Gasteiger partial charge in [0.05, 0.1) is 19.8 Å². The Morgan fingerprint density at radius 1 is 1.10 bits per heavy atom. The first kappa shape index (κ1) is 22.3. The third-order valence-corrected chi connectivity index (χ3v) is 5.47. The molecule has 10 heteroatoms. The quantitative estimate of drug-likeness (QED) is 0.482. The highest BCUT2D eigenvalue weighted by molar-refractivity contribution is 8.00. The summed E-state index contributed by atoms with van der Waals surface area (Å²) in [7, 11) is 0. The summed E-state index contributed by atoms with van der Waals surface area (Å²) in [6, 6.07) is 10.9. The third kappa shape index (κ3) is 4.82. The maximum atomic E-state index is 15.6. The van der Waals surface area contributed by atoms with Crippen molar-refractivity contribution in [1.29, 1.82) is 0 Å². The third-order valence-electron chi connectivity index (χ3n) is 4.39. The molecule has 1 heterocycles. The molecular weight excluding hydrogens is 422 g/mol. The van der Waals surface area contributed by atoms with Gasteiger partial charge in [-0.3, -0.25) is 0 Å². The molecule has 3 aromatic rings. The average molecular weight is 441 g/mol. The molecule has 0 aliphatic heterocycles. The van der Waals surface area contributed by atoms with Crippen molar-refractivity contribution in [3.05, 3.63) is 83.9 Å². The van der Waals surface area contributed by atoms with Gasteiger partial charge in [-0.25, -0.2) is 18.4 Å². The van der Waals surface area contributed by atoms with E-state index in [0.717, 1.165) is 23.1 Å². The van der Waals surface area contributed by atoms with E-state index in [-0.39, 0.29) is 24.1 Å². The molecule has 0 radical (unpaired) electrons. The molecule has 1 unspecified atom stereocenters. The summed E-state index contributed by atoms with van der Waals surface area (Å²) in [5.41, 5.74) is -2.49. The Labute approximate surface area is 174 Å². The Morgan fingerprint density at radius 2 is 1.87 bits per heavy atom. The Balaban J connectivity index is 2.12. The first-order chi connectivity index (χ1) is 14.4. The predicted molar refractivity (Wildman–Crippen MR) is 104 cm³/mol. The molecule has 0 aliphatic carbocycles. The standard InChI is InChI=1S/C20H19F4N3O2S/c21-16-6-7-17(18(22)10-16)19(12-27-14-25-13-26-27,20(23,24)30-9-8-28)29-11-15-4-2-1-3-5-15/h1-7,10,13-14,28H,8-9,11-12H2. The van der Waals surface area contributed by atoms with E-state index in [0.29, 0.717) is 11.6 Å². The maximum absolute atomic E-state index is 15.6. The maximum Gasteiger partial charge on any atom is 0.328 e. The Bertz CT molecular complexity index is 944. The van der Waals surface area contributed by atoms with Gasteiger partial charge in [0.1, 0.15) is 24.3 Å². The zero-order valence-corrected chi connectivity index (χ0v) is 16.5. The van der Waals surface area contributed by atoms with Crippen molar-refractivity contribution in [2.24, 2.45) is 0 Å². The molecule has 1 N–H and O–H groups in total. The SMILES string of the molecule is OCCSC(F)(F)C(Cn1cncn1)(OCc1ccccc1)c1ccc(F)cc1F. The van der Waals surface area contributed by atoms with Crippen molar-refractivity contribution in [2.75, 3.05) is 12.4 Å². The minimum absolute atomic E-state index is 0.120. The van der Waals surface area contributed by atoms with Crippen LogP contribution in [0.4, 0.5) is 17.6 Å². The molecule has 0 fully saturated rings. The van der Waals surface area contributed by atoms with Crippen LogP contribution in [0, 0.1) is 11.6 Å². The molecule has 160 valence electrons. The Morgan fingerprint density at radius 3 is 2.50 bits per heavy atom. The van der Waals surface area contributed by atoms with Crippen LogP contribution in [0.15, 0.2) is 61.2 Å². The van der Waals surface area contributed by atoms with Gasteiger partial charge in [-0.2, -0.15) is 13.9 Å². The van der Waals surface area contributed by atoms with Crippen LogP contribution in [-0.4, -0.2) is 37.5 Å². The van der Waals surface area contributed by atoms with Crippen LogP contribution in [0.2, 0.25) is 0 Å². The van der Waals surface area contributed by atoms with Crippen LogP contribution in [0.1, 0.15) is 11.1 Å². The molecule has 5 nitrogen and oxygen atoms in total. The average Bonchev–Trinajstić information content (AvgIpc) is 3.23. The number of benzene rings is 2. The molecular formula is C20H19F4N3O2S. The van der Waals surface area contributed by atoms with Gasteiger partial charge in [-0.1, -0.05) is 42.1 Å². The molecule has 1 atom stereocenters. The fourth-order valence-corrected chi connectivity index (χ4v) is 3.79. The molecule has 0 bridgehead atoms. The molecule has 0 aliphatic rings. The summed E-state index contributed by atoms with van der Waals surface area (Å²) >= 11 is 0.120. The molecule has 3 rings (SSSR count). The van der Waals surface area contributed by atoms with Crippen LogP contribution in [0.25, 0.3) is 0 Å². The van der Waals surface area contributed by atoms with Crippen LogP contribution in [0.3, 0.4) is 0 Å². The lowest BCUT2D eigenvalue weighted by Crippen LogP contribution is -2.50. The van der Waals surface area contributed by atoms with Crippen LogP contribution in [0.5, 0.6) is 0 Å². The van der Waals surface area contributed by atoms with Crippen molar-refractivity contribution in [3.8, 4) is 0 Å². The molecule has 0 spiro atoms. The highest BCUT2D eigenvalue weighted by Crippen LogP contribution is 2.50. The highest BCUT2D eigenvalue weighted by Gasteiger charge is 2.58. The van der Waals surface area contributed by atoms with Crippen molar-refractivity contribution in [1.82, 2.24) is 14.8 Å². The summed E-state index contributed by atoms with van der Waals surface area (Å²) in [5.74, 6) is -2.39.